The third-order valence-electron chi connectivity index (χ3n) is 5.00. The highest BCUT2D eigenvalue weighted by Gasteiger charge is 2.32. The molecule has 1 aliphatic heterocycles. The van der Waals surface area contributed by atoms with Crippen molar-refractivity contribution in [2.75, 3.05) is 18.0 Å². The van der Waals surface area contributed by atoms with Crippen molar-refractivity contribution in [3.05, 3.63) is 17.0 Å². The topological polar surface area (TPSA) is 29.0 Å². The van der Waals surface area contributed by atoms with E-state index in [1.54, 1.807) is 0 Å². The van der Waals surface area contributed by atoms with Crippen molar-refractivity contribution in [3.63, 3.8) is 0 Å². The lowest BCUT2D eigenvalue weighted by Crippen LogP contribution is -2.40. The Balaban J connectivity index is 2.19. The van der Waals surface area contributed by atoms with Gasteiger partial charge in [0.1, 0.15) is 16.8 Å². The van der Waals surface area contributed by atoms with Gasteiger partial charge in [0.15, 0.2) is 0 Å². The second-order valence-electron chi connectivity index (χ2n) is 7.32. The van der Waals surface area contributed by atoms with Crippen LogP contribution in [0.1, 0.15) is 66.1 Å². The Kier molecular flexibility index (Phi) is 4.82. The molecule has 1 aromatic heterocycles. The number of aromatic nitrogens is 2. The first-order valence-corrected chi connectivity index (χ1v) is 8.47. The third kappa shape index (κ3) is 3.68. The SMILES string of the molecule is CCC1(CC)CCN(c2cc(Cl)nc(C(C)(C)C)n2)CC1. The van der Waals surface area contributed by atoms with Crippen LogP contribution < -0.4 is 4.90 Å². The van der Waals surface area contributed by atoms with E-state index in [4.69, 9.17) is 16.6 Å². The molecule has 0 N–H and O–H groups in total. The first-order valence-electron chi connectivity index (χ1n) is 8.10. The maximum absolute atomic E-state index is 6.21. The molecule has 0 bridgehead atoms. The van der Waals surface area contributed by atoms with Crippen molar-refractivity contribution in [2.45, 2.75) is 65.7 Å². The molecule has 1 saturated heterocycles. The lowest BCUT2D eigenvalue weighted by Gasteiger charge is -2.41. The maximum Gasteiger partial charge on any atom is 0.137 e. The van der Waals surface area contributed by atoms with Crippen LogP contribution in [0.3, 0.4) is 0 Å². The first kappa shape index (κ1) is 16.5. The van der Waals surface area contributed by atoms with Gasteiger partial charge >= 0.3 is 0 Å². The van der Waals surface area contributed by atoms with E-state index in [1.807, 2.05) is 6.07 Å². The van der Waals surface area contributed by atoms with E-state index in [0.29, 0.717) is 10.6 Å². The molecular formula is C17H28ClN3. The molecule has 0 saturated carbocycles. The molecule has 1 fully saturated rings. The molecule has 1 aromatic rings. The lowest BCUT2D eigenvalue weighted by molar-refractivity contribution is 0.199. The molecule has 0 aromatic carbocycles. The fourth-order valence-electron chi connectivity index (χ4n) is 3.07. The number of anilines is 1. The zero-order chi connectivity index (χ0) is 15.7. The predicted octanol–water partition coefficient (Wildman–Crippen LogP) is 4.83. The van der Waals surface area contributed by atoms with Crippen LogP contribution >= 0.6 is 11.6 Å². The van der Waals surface area contributed by atoms with Crippen LogP contribution in [0, 0.1) is 5.41 Å². The van der Waals surface area contributed by atoms with Gasteiger partial charge in [0, 0.05) is 24.6 Å². The van der Waals surface area contributed by atoms with Crippen LogP contribution in [0.2, 0.25) is 5.15 Å². The van der Waals surface area contributed by atoms with Gasteiger partial charge in [-0.05, 0) is 18.3 Å². The van der Waals surface area contributed by atoms with Crippen molar-refractivity contribution in [3.8, 4) is 0 Å². The van der Waals surface area contributed by atoms with Crippen LogP contribution in [0.15, 0.2) is 6.07 Å². The van der Waals surface area contributed by atoms with Gasteiger partial charge in [0.25, 0.3) is 0 Å². The Morgan fingerprint density at radius 3 is 2.19 bits per heavy atom. The highest BCUT2D eigenvalue weighted by molar-refractivity contribution is 6.29. The Bertz CT molecular complexity index is 479. The molecule has 0 spiro atoms. The summed E-state index contributed by atoms with van der Waals surface area (Å²) in [7, 11) is 0. The average Bonchev–Trinajstić information content (AvgIpc) is 2.46. The number of hydrogen-bond donors (Lipinski definition) is 0. The van der Waals surface area contributed by atoms with Gasteiger partial charge in [-0.15, -0.1) is 0 Å². The number of hydrogen-bond acceptors (Lipinski definition) is 3. The van der Waals surface area contributed by atoms with Gasteiger partial charge in [-0.2, -0.15) is 0 Å². The van der Waals surface area contributed by atoms with E-state index < -0.39 is 0 Å². The second kappa shape index (κ2) is 6.12. The van der Waals surface area contributed by atoms with E-state index in [0.717, 1.165) is 24.7 Å². The van der Waals surface area contributed by atoms with Crippen LogP contribution in [0.4, 0.5) is 5.82 Å². The summed E-state index contributed by atoms with van der Waals surface area (Å²) < 4.78 is 0. The molecule has 0 unspecified atom stereocenters. The van der Waals surface area contributed by atoms with Crippen molar-refractivity contribution in [1.82, 2.24) is 9.97 Å². The van der Waals surface area contributed by atoms with Gasteiger partial charge < -0.3 is 4.90 Å². The second-order valence-corrected chi connectivity index (χ2v) is 7.70. The predicted molar refractivity (Wildman–Crippen MR) is 90.2 cm³/mol. The molecule has 2 rings (SSSR count). The smallest absolute Gasteiger partial charge is 0.137 e. The monoisotopic (exact) mass is 309 g/mol. The molecule has 4 heteroatoms. The minimum Gasteiger partial charge on any atom is -0.356 e. The zero-order valence-electron chi connectivity index (χ0n) is 14.0. The Labute approximate surface area is 134 Å². The summed E-state index contributed by atoms with van der Waals surface area (Å²) in [4.78, 5) is 11.5. The van der Waals surface area contributed by atoms with E-state index >= 15 is 0 Å². The molecule has 1 aliphatic rings. The Morgan fingerprint density at radius 2 is 1.71 bits per heavy atom. The van der Waals surface area contributed by atoms with Crippen LogP contribution in [0.25, 0.3) is 0 Å². The number of halogens is 1. The normalized spacial score (nSPS) is 18.9. The summed E-state index contributed by atoms with van der Waals surface area (Å²) in [6.45, 7) is 13.1. The van der Waals surface area contributed by atoms with Gasteiger partial charge in [0.2, 0.25) is 0 Å². The maximum atomic E-state index is 6.21. The summed E-state index contributed by atoms with van der Waals surface area (Å²) >= 11 is 6.21. The van der Waals surface area contributed by atoms with Gasteiger partial charge in [-0.1, -0.05) is 59.1 Å². The van der Waals surface area contributed by atoms with Gasteiger partial charge in [-0.3, -0.25) is 0 Å². The van der Waals surface area contributed by atoms with Gasteiger partial charge in [0.05, 0.1) is 0 Å². The van der Waals surface area contributed by atoms with Gasteiger partial charge in [-0.25, -0.2) is 9.97 Å². The highest BCUT2D eigenvalue weighted by atomic mass is 35.5. The van der Waals surface area contributed by atoms with E-state index in [2.05, 4.69) is 44.5 Å². The van der Waals surface area contributed by atoms with E-state index in [9.17, 15) is 0 Å². The summed E-state index contributed by atoms with van der Waals surface area (Å²) in [6, 6.07) is 1.90. The van der Waals surface area contributed by atoms with Crippen molar-refractivity contribution in [1.29, 1.82) is 0 Å². The molecule has 0 amide bonds. The van der Waals surface area contributed by atoms with Crippen molar-refractivity contribution >= 4 is 17.4 Å². The van der Waals surface area contributed by atoms with Crippen molar-refractivity contribution < 1.29 is 0 Å². The number of nitrogens with zero attached hydrogens (tertiary/aromatic N) is 3. The molecule has 0 aliphatic carbocycles. The average molecular weight is 310 g/mol. The molecule has 21 heavy (non-hydrogen) atoms. The summed E-state index contributed by atoms with van der Waals surface area (Å²) in [5.74, 6) is 1.81. The zero-order valence-corrected chi connectivity index (χ0v) is 14.8. The Morgan fingerprint density at radius 1 is 1.14 bits per heavy atom. The standard InChI is InChI=1S/C17H28ClN3/c1-6-17(7-2)8-10-21(11-9-17)14-12-13(18)19-15(20-14)16(3,4)5/h12H,6-11H2,1-5H3. The molecule has 3 nitrogen and oxygen atoms in total. The lowest BCUT2D eigenvalue weighted by atomic mass is 9.74. The van der Waals surface area contributed by atoms with E-state index in [-0.39, 0.29) is 5.41 Å². The highest BCUT2D eigenvalue weighted by Crippen LogP contribution is 2.39. The number of rotatable bonds is 3. The largest absolute Gasteiger partial charge is 0.356 e. The number of piperidine rings is 1. The van der Waals surface area contributed by atoms with Crippen LogP contribution in [-0.2, 0) is 5.41 Å². The van der Waals surface area contributed by atoms with Crippen molar-refractivity contribution in [2.24, 2.45) is 5.41 Å². The quantitative estimate of drug-likeness (QED) is 0.749. The van der Waals surface area contributed by atoms with Crippen LogP contribution in [-0.4, -0.2) is 23.1 Å². The minimum absolute atomic E-state index is 0.0773. The molecule has 0 radical (unpaired) electrons. The molecule has 2 heterocycles. The Hall–Kier alpha value is -0.830. The summed E-state index contributed by atoms with van der Waals surface area (Å²) in [5.41, 5.74) is 0.451. The van der Waals surface area contributed by atoms with Crippen LogP contribution in [0.5, 0.6) is 0 Å². The third-order valence-corrected chi connectivity index (χ3v) is 5.19. The first-order chi connectivity index (χ1) is 9.79. The summed E-state index contributed by atoms with van der Waals surface area (Å²) in [5, 5.41) is 0.549. The fourth-order valence-corrected chi connectivity index (χ4v) is 3.25. The fraction of sp³-hybridized carbons (Fsp3) is 0.765. The summed E-state index contributed by atoms with van der Waals surface area (Å²) in [6.07, 6.45) is 5.03. The molecular weight excluding hydrogens is 282 g/mol. The molecule has 0 atom stereocenters. The molecule has 118 valence electrons. The van der Waals surface area contributed by atoms with E-state index in [1.165, 1.54) is 25.7 Å². The minimum atomic E-state index is -0.0773.